The molecule has 0 radical (unpaired) electrons. The Balaban J connectivity index is 1.91. The number of aliphatic hydroxyl groups is 1. The van der Waals surface area contributed by atoms with E-state index < -0.39 is 17.7 Å². The van der Waals surface area contributed by atoms with Crippen LogP contribution in [-0.2, 0) is 14.4 Å². The first kappa shape index (κ1) is 25.5. The Morgan fingerprint density at radius 1 is 0.973 bits per heavy atom. The fraction of sp³-hybridized carbons (Fsp3) is 0.207. The second kappa shape index (κ2) is 10.6. The van der Waals surface area contributed by atoms with Gasteiger partial charge in [-0.15, -0.1) is 0 Å². The zero-order chi connectivity index (χ0) is 26.7. The molecule has 3 aromatic carbocycles. The number of rotatable bonds is 7. The van der Waals surface area contributed by atoms with Crippen molar-refractivity contribution in [2.24, 2.45) is 0 Å². The topological polar surface area (TPSA) is 105 Å². The Morgan fingerprint density at radius 3 is 2.38 bits per heavy atom. The predicted octanol–water partition coefficient (Wildman–Crippen LogP) is 5.07. The van der Waals surface area contributed by atoms with Gasteiger partial charge < -0.3 is 19.9 Å². The average Bonchev–Trinajstić information content (AvgIpc) is 3.13. The summed E-state index contributed by atoms with van der Waals surface area (Å²) in [6, 6.07) is 19.4. The van der Waals surface area contributed by atoms with Crippen LogP contribution in [0.5, 0.6) is 11.5 Å². The van der Waals surface area contributed by atoms with Gasteiger partial charge in [-0.3, -0.25) is 19.3 Å². The largest absolute Gasteiger partial charge is 0.507 e. The van der Waals surface area contributed by atoms with Crippen LogP contribution in [0.3, 0.4) is 0 Å². The summed E-state index contributed by atoms with van der Waals surface area (Å²) in [5.41, 5.74) is 1.70. The maximum Gasteiger partial charge on any atom is 0.300 e. The molecule has 0 aromatic heterocycles. The maximum absolute atomic E-state index is 13.4. The third-order valence-electron chi connectivity index (χ3n) is 5.78. The van der Waals surface area contributed by atoms with Crippen molar-refractivity contribution in [3.8, 4) is 11.5 Å². The Bertz CT molecular complexity index is 1390. The van der Waals surface area contributed by atoms with Crippen LogP contribution in [0.25, 0.3) is 5.76 Å². The Hall–Kier alpha value is -4.59. The van der Waals surface area contributed by atoms with Gasteiger partial charge in [0.1, 0.15) is 17.3 Å². The average molecular weight is 501 g/mol. The highest BCUT2D eigenvalue weighted by atomic mass is 16.5. The summed E-state index contributed by atoms with van der Waals surface area (Å²) in [4.78, 5) is 39.8. The molecule has 1 aliphatic rings. The number of carbonyl (C=O) groups excluding carboxylic acids is 3. The van der Waals surface area contributed by atoms with Gasteiger partial charge in [0.15, 0.2) is 0 Å². The third kappa shape index (κ3) is 5.33. The van der Waals surface area contributed by atoms with Gasteiger partial charge in [-0.25, -0.2) is 0 Å². The van der Waals surface area contributed by atoms with E-state index in [0.717, 1.165) is 0 Å². The predicted molar refractivity (Wildman–Crippen MR) is 141 cm³/mol. The molecule has 0 spiro atoms. The molecule has 1 fully saturated rings. The Morgan fingerprint density at radius 2 is 1.68 bits per heavy atom. The van der Waals surface area contributed by atoms with E-state index in [1.165, 1.54) is 18.9 Å². The molecular weight excluding hydrogens is 472 g/mol. The van der Waals surface area contributed by atoms with Crippen LogP contribution in [0.4, 0.5) is 11.4 Å². The first-order chi connectivity index (χ1) is 17.7. The van der Waals surface area contributed by atoms with Crippen LogP contribution in [0, 0.1) is 0 Å². The molecule has 0 saturated carbocycles. The zero-order valence-corrected chi connectivity index (χ0v) is 21.0. The molecule has 1 heterocycles. The Labute approximate surface area is 215 Å². The van der Waals surface area contributed by atoms with Crippen LogP contribution < -0.4 is 19.7 Å². The fourth-order valence-electron chi connectivity index (χ4n) is 4.31. The number of carbonyl (C=O) groups is 3. The number of nitrogens with zero attached hydrogens (tertiary/aromatic N) is 1. The molecule has 0 bridgehead atoms. The van der Waals surface area contributed by atoms with Crippen molar-refractivity contribution in [2.45, 2.75) is 32.9 Å². The van der Waals surface area contributed by atoms with Gasteiger partial charge in [0, 0.05) is 23.9 Å². The van der Waals surface area contributed by atoms with Crippen LogP contribution in [0.1, 0.15) is 37.9 Å². The Kier molecular flexibility index (Phi) is 7.29. The first-order valence-corrected chi connectivity index (χ1v) is 11.8. The lowest BCUT2D eigenvalue weighted by Crippen LogP contribution is -2.29. The summed E-state index contributed by atoms with van der Waals surface area (Å²) in [6.45, 7) is 5.15. The van der Waals surface area contributed by atoms with Crippen LogP contribution in [-0.4, -0.2) is 35.9 Å². The van der Waals surface area contributed by atoms with E-state index in [0.29, 0.717) is 34.0 Å². The maximum atomic E-state index is 13.4. The number of nitrogens with one attached hydrogen (secondary N) is 1. The molecule has 190 valence electrons. The molecule has 0 aliphatic carbocycles. The molecule has 8 nitrogen and oxygen atoms in total. The minimum atomic E-state index is -0.947. The SMILES string of the molecule is COc1cccc(C2/C(=C(\O)c3cccc(OC(C)C)c3)C(=O)C(=O)N2c2cccc(NC(C)=O)c2)c1. The summed E-state index contributed by atoms with van der Waals surface area (Å²) >= 11 is 0. The van der Waals surface area contributed by atoms with Crippen molar-refractivity contribution in [3.05, 3.63) is 89.5 Å². The summed E-state index contributed by atoms with van der Waals surface area (Å²) in [6.07, 6.45) is -0.0874. The lowest BCUT2D eigenvalue weighted by atomic mass is 9.95. The van der Waals surface area contributed by atoms with Crippen LogP contribution in [0.15, 0.2) is 78.4 Å². The standard InChI is InChI=1S/C29H28N2O6/c1-17(2)37-24-13-6-9-20(15-24)27(33)25-26(19-8-5-12-23(14-19)36-4)31(29(35)28(25)34)22-11-7-10-21(16-22)30-18(3)32/h5-17,26,33H,1-4H3,(H,30,32)/b27-25+. The number of hydrogen-bond donors (Lipinski definition) is 2. The number of ether oxygens (including phenoxy) is 2. The molecule has 8 heteroatoms. The highest BCUT2D eigenvalue weighted by Crippen LogP contribution is 2.43. The number of aliphatic hydroxyl groups excluding tert-OH is 1. The van der Waals surface area contributed by atoms with Gasteiger partial charge in [-0.1, -0.05) is 30.3 Å². The van der Waals surface area contributed by atoms with Crippen molar-refractivity contribution < 1.29 is 29.0 Å². The molecule has 2 amide bonds. The molecule has 37 heavy (non-hydrogen) atoms. The van der Waals surface area contributed by atoms with Gasteiger partial charge >= 0.3 is 0 Å². The molecule has 1 unspecified atom stereocenters. The van der Waals surface area contributed by atoms with Crippen molar-refractivity contribution in [2.75, 3.05) is 17.3 Å². The second-order valence-electron chi connectivity index (χ2n) is 8.87. The summed E-state index contributed by atoms with van der Waals surface area (Å²) in [5.74, 6) is -1.17. The van der Waals surface area contributed by atoms with Gasteiger partial charge in [0.05, 0.1) is 24.8 Å². The monoisotopic (exact) mass is 500 g/mol. The lowest BCUT2D eigenvalue weighted by Gasteiger charge is -2.26. The van der Waals surface area contributed by atoms with Gasteiger partial charge in [0.2, 0.25) is 5.91 Å². The number of anilines is 2. The molecule has 3 aromatic rings. The highest BCUT2D eigenvalue weighted by molar-refractivity contribution is 6.51. The van der Waals surface area contributed by atoms with E-state index in [1.807, 2.05) is 13.8 Å². The zero-order valence-electron chi connectivity index (χ0n) is 21.0. The number of hydrogen-bond acceptors (Lipinski definition) is 6. The van der Waals surface area contributed by atoms with Gasteiger partial charge in [-0.05, 0) is 61.9 Å². The van der Waals surface area contributed by atoms with E-state index in [-0.39, 0.29) is 23.3 Å². The van der Waals surface area contributed by atoms with E-state index in [9.17, 15) is 19.5 Å². The first-order valence-electron chi connectivity index (χ1n) is 11.8. The van der Waals surface area contributed by atoms with Crippen molar-refractivity contribution in [1.82, 2.24) is 0 Å². The number of Topliss-reactive ketones (excluding diaryl/α,β-unsaturated/α-hetero) is 1. The minimum Gasteiger partial charge on any atom is -0.507 e. The fourth-order valence-corrected chi connectivity index (χ4v) is 4.31. The number of benzene rings is 3. The number of methoxy groups -OCH3 is 1. The quantitative estimate of drug-likeness (QED) is 0.267. The van der Waals surface area contributed by atoms with Gasteiger partial charge in [0.25, 0.3) is 11.7 Å². The molecule has 4 rings (SSSR count). The summed E-state index contributed by atoms with van der Waals surface area (Å²) < 4.78 is 11.1. The molecule has 1 aliphatic heterocycles. The van der Waals surface area contributed by atoms with Crippen molar-refractivity contribution in [3.63, 3.8) is 0 Å². The minimum absolute atomic E-state index is 0.0649. The van der Waals surface area contributed by atoms with Crippen molar-refractivity contribution in [1.29, 1.82) is 0 Å². The van der Waals surface area contributed by atoms with E-state index >= 15 is 0 Å². The van der Waals surface area contributed by atoms with Crippen LogP contribution >= 0.6 is 0 Å². The van der Waals surface area contributed by atoms with Crippen LogP contribution in [0.2, 0.25) is 0 Å². The normalized spacial score (nSPS) is 16.7. The molecular formula is C29H28N2O6. The smallest absolute Gasteiger partial charge is 0.300 e. The van der Waals surface area contributed by atoms with E-state index in [1.54, 1.807) is 72.8 Å². The van der Waals surface area contributed by atoms with E-state index in [2.05, 4.69) is 5.32 Å². The lowest BCUT2D eigenvalue weighted by molar-refractivity contribution is -0.132. The van der Waals surface area contributed by atoms with Gasteiger partial charge in [-0.2, -0.15) is 0 Å². The van der Waals surface area contributed by atoms with E-state index in [4.69, 9.17) is 9.47 Å². The number of amides is 2. The molecule has 1 atom stereocenters. The molecule has 2 N–H and O–H groups in total. The summed E-state index contributed by atoms with van der Waals surface area (Å²) in [5, 5.41) is 14.1. The summed E-state index contributed by atoms with van der Waals surface area (Å²) in [7, 11) is 1.52. The number of ketones is 1. The van der Waals surface area contributed by atoms with Crippen molar-refractivity contribution >= 4 is 34.7 Å². The second-order valence-corrected chi connectivity index (χ2v) is 8.87. The molecule has 1 saturated heterocycles. The third-order valence-corrected chi connectivity index (χ3v) is 5.78. The highest BCUT2D eigenvalue weighted by Gasteiger charge is 2.47.